The largest absolute Gasteiger partial charge is 0.466 e. The van der Waals surface area contributed by atoms with Crippen molar-refractivity contribution >= 4 is 11.9 Å². The van der Waals surface area contributed by atoms with Crippen molar-refractivity contribution < 1.29 is 24.5 Å². The molecule has 0 aliphatic carbocycles. The van der Waals surface area contributed by atoms with E-state index >= 15 is 0 Å². The molecule has 1 amide bonds. The Kier molecular flexibility index (Phi) is 55.5. The van der Waals surface area contributed by atoms with Gasteiger partial charge < -0.3 is 20.3 Å². The molecule has 0 aromatic rings. The maximum absolute atomic E-state index is 12.5. The van der Waals surface area contributed by atoms with Crippen molar-refractivity contribution in [2.45, 2.75) is 341 Å². The van der Waals surface area contributed by atoms with Crippen LogP contribution in [0.15, 0.2) is 24.3 Å². The molecule has 0 fully saturated rings. The minimum Gasteiger partial charge on any atom is -0.466 e. The maximum Gasteiger partial charge on any atom is 0.305 e. The van der Waals surface area contributed by atoms with E-state index in [1.165, 1.54) is 244 Å². The number of ether oxygens (including phenoxy) is 1. The van der Waals surface area contributed by atoms with Gasteiger partial charge in [0.15, 0.2) is 0 Å². The van der Waals surface area contributed by atoms with Crippen molar-refractivity contribution in [3.05, 3.63) is 24.3 Å². The summed E-state index contributed by atoms with van der Waals surface area (Å²) in [4.78, 5) is 24.6. The lowest BCUT2D eigenvalue weighted by atomic mass is 10.0. The van der Waals surface area contributed by atoms with Gasteiger partial charge in [0.25, 0.3) is 0 Å². The minimum absolute atomic E-state index is 0.00205. The molecule has 0 saturated heterocycles. The van der Waals surface area contributed by atoms with Crippen LogP contribution in [0.3, 0.4) is 0 Å². The van der Waals surface area contributed by atoms with Gasteiger partial charge in [0.05, 0.1) is 25.4 Å². The Morgan fingerprint density at radius 3 is 1.16 bits per heavy atom. The van der Waals surface area contributed by atoms with Crippen LogP contribution in [0.25, 0.3) is 0 Å². The first-order valence-electron chi connectivity index (χ1n) is 30.1. The summed E-state index contributed by atoms with van der Waals surface area (Å²) in [6.07, 6.45) is 68.8. The molecule has 6 nitrogen and oxygen atoms in total. The van der Waals surface area contributed by atoms with Crippen LogP contribution < -0.4 is 5.32 Å². The van der Waals surface area contributed by atoms with Gasteiger partial charge in [-0.15, -0.1) is 0 Å². The fraction of sp³-hybridized carbons (Fsp3) is 0.902. The Bertz CT molecular complexity index is 1040. The van der Waals surface area contributed by atoms with Crippen LogP contribution in [0.2, 0.25) is 0 Å². The van der Waals surface area contributed by atoms with E-state index in [0.717, 1.165) is 51.4 Å². The highest BCUT2D eigenvalue weighted by molar-refractivity contribution is 5.76. The Balaban J connectivity index is 3.39. The number of nitrogens with one attached hydrogen (secondary N) is 1. The summed E-state index contributed by atoms with van der Waals surface area (Å²) < 4.78 is 5.49. The van der Waals surface area contributed by atoms with E-state index in [1.54, 1.807) is 0 Å². The molecular weight excluding hydrogens is 827 g/mol. The minimum atomic E-state index is -0.667. The molecule has 2 atom stereocenters. The van der Waals surface area contributed by atoms with Crippen molar-refractivity contribution in [3.8, 4) is 0 Å². The van der Waals surface area contributed by atoms with Crippen LogP contribution >= 0.6 is 0 Å². The number of esters is 1. The molecule has 0 heterocycles. The summed E-state index contributed by atoms with van der Waals surface area (Å²) in [5.41, 5.74) is 0. The zero-order chi connectivity index (χ0) is 48.6. The fourth-order valence-electron chi connectivity index (χ4n) is 9.38. The molecule has 0 bridgehead atoms. The van der Waals surface area contributed by atoms with E-state index < -0.39 is 12.1 Å². The smallest absolute Gasteiger partial charge is 0.305 e. The van der Waals surface area contributed by atoms with Crippen LogP contribution in [-0.2, 0) is 14.3 Å². The average molecular weight is 945 g/mol. The maximum atomic E-state index is 12.5. The second kappa shape index (κ2) is 56.9. The molecule has 0 rings (SSSR count). The highest BCUT2D eigenvalue weighted by Gasteiger charge is 2.20. The Morgan fingerprint density at radius 2 is 0.746 bits per heavy atom. The van der Waals surface area contributed by atoms with Crippen LogP contribution in [0.5, 0.6) is 0 Å². The molecule has 396 valence electrons. The third kappa shape index (κ3) is 53.5. The first kappa shape index (κ1) is 65.3. The number of rotatable bonds is 56. The topological polar surface area (TPSA) is 95.9 Å². The molecule has 0 aliphatic rings. The highest BCUT2D eigenvalue weighted by atomic mass is 16.5. The molecular formula is C61H117NO5. The summed E-state index contributed by atoms with van der Waals surface area (Å²) in [6.45, 7) is 4.93. The number of unbranched alkanes of at least 4 members (excludes halogenated alkanes) is 41. The molecule has 6 heteroatoms. The summed E-state index contributed by atoms with van der Waals surface area (Å²) in [6, 6.07) is -0.545. The SMILES string of the molecule is CCCCC/C=C\C/C=C\CCCCCCCCCCCC(=O)OCCCCCCCCCCCCCCCCCCCC(=O)NC(CO)C(O)CCCCCCCCCCCCCCCC. The van der Waals surface area contributed by atoms with Crippen molar-refractivity contribution in [1.82, 2.24) is 5.32 Å². The molecule has 0 spiro atoms. The summed E-state index contributed by atoms with van der Waals surface area (Å²) in [5, 5.41) is 23.3. The van der Waals surface area contributed by atoms with Crippen LogP contribution in [0.1, 0.15) is 328 Å². The first-order chi connectivity index (χ1) is 33.0. The van der Waals surface area contributed by atoms with Gasteiger partial charge in [0, 0.05) is 12.8 Å². The summed E-state index contributed by atoms with van der Waals surface area (Å²) in [5.74, 6) is -0.0369. The van der Waals surface area contributed by atoms with Gasteiger partial charge in [0.2, 0.25) is 5.91 Å². The Hall–Kier alpha value is -1.66. The van der Waals surface area contributed by atoms with Gasteiger partial charge in [-0.1, -0.05) is 282 Å². The van der Waals surface area contributed by atoms with Gasteiger partial charge in [-0.2, -0.15) is 0 Å². The van der Waals surface area contributed by atoms with Gasteiger partial charge in [-0.05, 0) is 57.8 Å². The van der Waals surface area contributed by atoms with Crippen LogP contribution in [0, 0.1) is 0 Å². The zero-order valence-corrected chi connectivity index (χ0v) is 45.1. The van der Waals surface area contributed by atoms with E-state index in [2.05, 4.69) is 43.5 Å². The number of aliphatic hydroxyl groups excluding tert-OH is 2. The lowest BCUT2D eigenvalue weighted by Gasteiger charge is -2.22. The number of allylic oxidation sites excluding steroid dienone is 4. The van der Waals surface area contributed by atoms with Crippen molar-refractivity contribution in [2.75, 3.05) is 13.2 Å². The molecule has 0 radical (unpaired) electrons. The lowest BCUT2D eigenvalue weighted by Crippen LogP contribution is -2.45. The summed E-state index contributed by atoms with van der Waals surface area (Å²) >= 11 is 0. The molecule has 3 N–H and O–H groups in total. The highest BCUT2D eigenvalue weighted by Crippen LogP contribution is 2.18. The molecule has 2 unspecified atom stereocenters. The molecule has 67 heavy (non-hydrogen) atoms. The number of hydrogen-bond donors (Lipinski definition) is 3. The second-order valence-electron chi connectivity index (χ2n) is 20.7. The molecule has 0 saturated carbocycles. The number of hydrogen-bond acceptors (Lipinski definition) is 5. The average Bonchev–Trinajstić information content (AvgIpc) is 3.33. The van der Waals surface area contributed by atoms with Crippen molar-refractivity contribution in [2.24, 2.45) is 0 Å². The quantitative estimate of drug-likeness (QED) is 0.0321. The fourth-order valence-corrected chi connectivity index (χ4v) is 9.38. The van der Waals surface area contributed by atoms with Gasteiger partial charge in [0.1, 0.15) is 0 Å². The number of carbonyl (C=O) groups is 2. The monoisotopic (exact) mass is 944 g/mol. The van der Waals surface area contributed by atoms with Gasteiger partial charge >= 0.3 is 5.97 Å². The van der Waals surface area contributed by atoms with Gasteiger partial charge in [-0.3, -0.25) is 9.59 Å². The van der Waals surface area contributed by atoms with Crippen LogP contribution in [-0.4, -0.2) is 47.4 Å². The molecule has 0 aliphatic heterocycles. The molecule has 0 aromatic carbocycles. The third-order valence-electron chi connectivity index (χ3n) is 14.0. The lowest BCUT2D eigenvalue weighted by molar-refractivity contribution is -0.143. The standard InChI is InChI=1S/C61H117NO5/c1-3-5-7-9-11-13-15-17-19-20-21-24-27-31-35-39-43-47-51-55-61(66)67-56-52-48-44-40-36-32-28-25-22-23-26-30-34-38-42-46-50-54-60(65)62-58(57-63)59(64)53-49-45-41-37-33-29-18-16-14-12-10-8-6-4-2/h11,13,17,19,58-59,63-64H,3-10,12,14-16,18,20-57H2,1-2H3,(H,62,65)/b13-11-,19-17-. The zero-order valence-electron chi connectivity index (χ0n) is 45.1. The molecule has 0 aromatic heterocycles. The van der Waals surface area contributed by atoms with Crippen molar-refractivity contribution in [1.29, 1.82) is 0 Å². The Labute approximate surface area is 418 Å². The number of aliphatic hydroxyl groups is 2. The van der Waals surface area contributed by atoms with E-state index in [-0.39, 0.29) is 18.5 Å². The predicted molar refractivity (Wildman–Crippen MR) is 292 cm³/mol. The number of amides is 1. The van der Waals surface area contributed by atoms with Gasteiger partial charge in [-0.25, -0.2) is 0 Å². The van der Waals surface area contributed by atoms with Crippen molar-refractivity contribution in [3.63, 3.8) is 0 Å². The van der Waals surface area contributed by atoms with E-state index in [1.807, 2.05) is 0 Å². The van der Waals surface area contributed by atoms with Crippen LogP contribution in [0.4, 0.5) is 0 Å². The first-order valence-corrected chi connectivity index (χ1v) is 30.1. The van der Waals surface area contributed by atoms with E-state index in [4.69, 9.17) is 4.74 Å². The third-order valence-corrected chi connectivity index (χ3v) is 14.0. The second-order valence-corrected chi connectivity index (χ2v) is 20.7. The Morgan fingerprint density at radius 1 is 0.418 bits per heavy atom. The summed E-state index contributed by atoms with van der Waals surface area (Å²) in [7, 11) is 0. The van der Waals surface area contributed by atoms with E-state index in [0.29, 0.717) is 25.9 Å². The normalized spacial score (nSPS) is 12.7. The van der Waals surface area contributed by atoms with E-state index in [9.17, 15) is 19.8 Å². The predicted octanol–water partition coefficient (Wildman–Crippen LogP) is 18.6. The number of carbonyl (C=O) groups excluding carboxylic acids is 2.